The first-order valence-electron chi connectivity index (χ1n) is 11.3. The molecular formula is C26H42BNOSi. The van der Waals surface area contributed by atoms with E-state index in [0.29, 0.717) is 6.04 Å². The van der Waals surface area contributed by atoms with E-state index in [4.69, 9.17) is 4.65 Å². The van der Waals surface area contributed by atoms with Crippen LogP contribution in [0.25, 0.3) is 0 Å². The molecule has 1 aromatic carbocycles. The zero-order valence-electron chi connectivity index (χ0n) is 20.6. The highest BCUT2D eigenvalue weighted by Crippen LogP contribution is 2.44. The number of hydrogen-bond acceptors (Lipinski definition) is 2. The molecule has 1 aromatic rings. The lowest BCUT2D eigenvalue weighted by molar-refractivity contribution is 0.0813. The Morgan fingerprint density at radius 3 is 2.37 bits per heavy atom. The van der Waals surface area contributed by atoms with Crippen LogP contribution in [0.15, 0.2) is 48.2 Å². The van der Waals surface area contributed by atoms with Crippen LogP contribution in [0.5, 0.6) is 0 Å². The number of rotatable bonds is 3. The highest BCUT2D eigenvalue weighted by Gasteiger charge is 2.52. The van der Waals surface area contributed by atoms with Crippen LogP contribution in [-0.4, -0.2) is 32.5 Å². The molecular weight excluding hydrogens is 381 g/mol. The Morgan fingerprint density at radius 2 is 1.93 bits per heavy atom. The van der Waals surface area contributed by atoms with E-state index in [-0.39, 0.29) is 12.7 Å². The number of fused-ring (bicyclic) bond motifs is 1. The van der Waals surface area contributed by atoms with E-state index in [1.54, 1.807) is 0 Å². The van der Waals surface area contributed by atoms with Crippen LogP contribution in [0.4, 0.5) is 0 Å². The molecule has 0 spiro atoms. The lowest BCUT2D eigenvalue weighted by Crippen LogP contribution is -2.38. The monoisotopic (exact) mass is 423 g/mol. The molecule has 2 heterocycles. The van der Waals surface area contributed by atoms with Gasteiger partial charge in [0.05, 0.1) is 5.60 Å². The molecule has 2 aliphatic rings. The summed E-state index contributed by atoms with van der Waals surface area (Å²) >= 11 is 0. The fourth-order valence-electron chi connectivity index (χ4n) is 4.38. The highest BCUT2D eigenvalue weighted by atomic mass is 28.3. The average Bonchev–Trinajstić information content (AvgIpc) is 3.27. The van der Waals surface area contributed by atoms with Crippen LogP contribution in [-0.2, 0) is 10.3 Å². The summed E-state index contributed by atoms with van der Waals surface area (Å²) in [6, 6.07) is 12.4. The van der Waals surface area contributed by atoms with Crippen molar-refractivity contribution >= 4 is 15.1 Å². The van der Waals surface area contributed by atoms with E-state index >= 15 is 0 Å². The number of hydrogen-bond donors (Lipinski definition) is 0. The molecule has 2 nitrogen and oxygen atoms in total. The van der Waals surface area contributed by atoms with Gasteiger partial charge in [0.15, 0.2) is 0 Å². The largest absolute Gasteiger partial charge is 0.410 e. The van der Waals surface area contributed by atoms with E-state index < -0.39 is 8.07 Å². The highest BCUT2D eigenvalue weighted by molar-refractivity contribution is 6.76. The van der Waals surface area contributed by atoms with Crippen molar-refractivity contribution in [3.05, 3.63) is 53.8 Å². The minimum Gasteiger partial charge on any atom is -0.410 e. The van der Waals surface area contributed by atoms with Crippen molar-refractivity contribution in [1.82, 2.24) is 4.81 Å². The second kappa shape index (κ2) is 12.4. The average molecular weight is 424 g/mol. The van der Waals surface area contributed by atoms with Gasteiger partial charge in [-0.05, 0) is 64.2 Å². The first-order chi connectivity index (χ1) is 14.1. The SMILES string of the molecule is C=C=C(C)C[Si](C)(C)C.CB1OC(C)(c2ccccc2)[C@@H]2CCCN12.CC#CCC. The van der Waals surface area contributed by atoms with Crippen molar-refractivity contribution in [3.8, 4) is 11.8 Å². The van der Waals surface area contributed by atoms with E-state index in [0.717, 1.165) is 6.42 Å². The van der Waals surface area contributed by atoms with Crippen molar-refractivity contribution in [3.63, 3.8) is 0 Å². The van der Waals surface area contributed by atoms with Crippen molar-refractivity contribution in [2.75, 3.05) is 6.54 Å². The van der Waals surface area contributed by atoms with Crippen molar-refractivity contribution in [1.29, 1.82) is 0 Å². The fourth-order valence-corrected chi connectivity index (χ4v) is 6.10. The van der Waals surface area contributed by atoms with E-state index in [9.17, 15) is 0 Å². The number of allylic oxidation sites excluding steroid dienone is 1. The molecule has 3 rings (SSSR count). The molecule has 0 saturated carbocycles. The Morgan fingerprint density at radius 1 is 1.30 bits per heavy atom. The van der Waals surface area contributed by atoms with Crippen LogP contribution >= 0.6 is 0 Å². The third-order valence-corrected chi connectivity index (χ3v) is 7.20. The van der Waals surface area contributed by atoms with Gasteiger partial charge in [0.1, 0.15) is 0 Å². The van der Waals surface area contributed by atoms with E-state index in [1.807, 2.05) is 13.8 Å². The zero-order chi connectivity index (χ0) is 22.8. The summed E-state index contributed by atoms with van der Waals surface area (Å²) in [6.45, 7) is 22.3. The van der Waals surface area contributed by atoms with Crippen molar-refractivity contribution in [2.45, 2.75) is 91.1 Å². The Kier molecular flexibility index (Phi) is 10.9. The van der Waals surface area contributed by atoms with Gasteiger partial charge >= 0.3 is 7.05 Å². The predicted molar refractivity (Wildman–Crippen MR) is 136 cm³/mol. The van der Waals surface area contributed by atoms with Gasteiger partial charge < -0.3 is 9.47 Å². The van der Waals surface area contributed by atoms with Crippen LogP contribution in [0.2, 0.25) is 32.5 Å². The van der Waals surface area contributed by atoms with Gasteiger partial charge in [-0.1, -0.05) is 63.5 Å². The molecule has 0 radical (unpaired) electrons. The third-order valence-electron chi connectivity index (χ3n) is 5.61. The molecule has 0 bridgehead atoms. The second-order valence-corrected chi connectivity index (χ2v) is 15.0. The van der Waals surface area contributed by atoms with Gasteiger partial charge in [-0.15, -0.1) is 17.6 Å². The maximum Gasteiger partial charge on any atom is 0.380 e. The summed E-state index contributed by atoms with van der Waals surface area (Å²) < 4.78 is 6.23. The first kappa shape index (κ1) is 26.5. The molecule has 4 heteroatoms. The quantitative estimate of drug-likeness (QED) is 0.295. The Balaban J connectivity index is 0.000000274. The second-order valence-electron chi connectivity index (χ2n) is 9.56. The van der Waals surface area contributed by atoms with Gasteiger partial charge in [0.25, 0.3) is 0 Å². The molecule has 2 aliphatic heterocycles. The third kappa shape index (κ3) is 7.97. The number of nitrogens with zero attached hydrogens (tertiary/aromatic N) is 1. The molecule has 2 atom stereocenters. The maximum absolute atomic E-state index is 6.23. The van der Waals surface area contributed by atoms with E-state index in [2.05, 4.69) is 99.6 Å². The molecule has 0 amide bonds. The zero-order valence-corrected chi connectivity index (χ0v) is 21.6. The van der Waals surface area contributed by atoms with E-state index in [1.165, 1.54) is 36.6 Å². The fraction of sp³-hybridized carbons (Fsp3) is 0.577. The standard InChI is InChI=1S/C13H18BNO.C8H16Si.C5H8/c1-13(11-7-4-3-5-8-11)12-9-6-10-15(12)14(2)16-13;1-6-8(2)7-9(3,4)5;1-3-5-4-2/h3-5,7-8,12H,6,9-10H2,1-2H3;1,7H2,2-5H3;3H2,1-2H3/t12-,13?;;/m0../s1. The molecule has 30 heavy (non-hydrogen) atoms. The number of benzene rings is 1. The molecule has 2 fully saturated rings. The van der Waals surface area contributed by atoms with Gasteiger partial charge in [0.2, 0.25) is 0 Å². The van der Waals surface area contributed by atoms with Gasteiger partial charge in [-0.2, -0.15) is 0 Å². The molecule has 0 aliphatic carbocycles. The molecule has 1 unspecified atom stereocenters. The molecule has 0 N–H and O–H groups in total. The predicted octanol–water partition coefficient (Wildman–Crippen LogP) is 6.99. The van der Waals surface area contributed by atoms with Crippen LogP contribution < -0.4 is 0 Å². The van der Waals surface area contributed by atoms with Crippen LogP contribution in [0.1, 0.15) is 52.5 Å². The summed E-state index contributed by atoms with van der Waals surface area (Å²) in [7, 11) is -0.619. The molecule has 2 saturated heterocycles. The summed E-state index contributed by atoms with van der Waals surface area (Å²) in [5, 5.41) is 0. The van der Waals surface area contributed by atoms with Crippen molar-refractivity contribution in [2.24, 2.45) is 0 Å². The summed E-state index contributed by atoms with van der Waals surface area (Å²) in [5.74, 6) is 5.63. The van der Waals surface area contributed by atoms with Gasteiger partial charge in [0, 0.05) is 20.5 Å². The summed E-state index contributed by atoms with van der Waals surface area (Å²) in [4.78, 5) is 2.51. The van der Waals surface area contributed by atoms with Crippen molar-refractivity contribution < 1.29 is 4.65 Å². The van der Waals surface area contributed by atoms with Crippen LogP contribution in [0, 0.1) is 11.8 Å². The normalized spacial score (nSPS) is 22.4. The van der Waals surface area contributed by atoms with Gasteiger partial charge in [-0.3, -0.25) is 0 Å². The Bertz CT molecular complexity index is 755. The lowest BCUT2D eigenvalue weighted by atomic mass is 9.86. The van der Waals surface area contributed by atoms with Crippen LogP contribution in [0.3, 0.4) is 0 Å². The van der Waals surface area contributed by atoms with Gasteiger partial charge in [-0.25, -0.2) is 0 Å². The maximum atomic E-state index is 6.23. The minimum absolute atomic E-state index is 0.114. The minimum atomic E-state index is -0.881. The topological polar surface area (TPSA) is 12.5 Å². The smallest absolute Gasteiger partial charge is 0.380 e. The Hall–Kier alpha value is -1.50. The Labute approximate surface area is 187 Å². The molecule has 0 aromatic heterocycles. The molecule has 164 valence electrons. The first-order valence-corrected chi connectivity index (χ1v) is 15.0. The lowest BCUT2D eigenvalue weighted by Gasteiger charge is -2.31. The summed E-state index contributed by atoms with van der Waals surface area (Å²) in [5.41, 5.74) is 5.44. The summed E-state index contributed by atoms with van der Waals surface area (Å²) in [6.07, 6.45) is 3.55.